The Morgan fingerprint density at radius 1 is 1.37 bits per heavy atom. The normalized spacial score (nSPS) is 11.0. The summed E-state index contributed by atoms with van der Waals surface area (Å²) in [6, 6.07) is 3.70. The molecule has 0 N–H and O–H groups in total. The minimum absolute atomic E-state index is 0.433. The van der Waals surface area contributed by atoms with Crippen molar-refractivity contribution in [1.82, 2.24) is 14.8 Å². The molecule has 0 aliphatic carbocycles. The third kappa shape index (κ3) is 3.47. The van der Waals surface area contributed by atoms with Crippen molar-refractivity contribution >= 4 is 11.6 Å². The molecule has 0 saturated carbocycles. The molecule has 0 atom stereocenters. The highest BCUT2D eigenvalue weighted by atomic mass is 35.5. The lowest BCUT2D eigenvalue weighted by Gasteiger charge is -2.04. The highest BCUT2D eigenvalue weighted by Gasteiger charge is 2.09. The fourth-order valence-electron chi connectivity index (χ4n) is 1.76. The molecule has 0 spiro atoms. The maximum Gasteiger partial charge on any atom is 0.214 e. The third-order valence-corrected chi connectivity index (χ3v) is 3.20. The zero-order valence-electron chi connectivity index (χ0n) is 11.4. The molecule has 2 heterocycles. The van der Waals surface area contributed by atoms with Gasteiger partial charge in [-0.25, -0.2) is 4.98 Å². The summed E-state index contributed by atoms with van der Waals surface area (Å²) in [5.41, 5.74) is 1.85. The van der Waals surface area contributed by atoms with Gasteiger partial charge in [-0.15, -0.1) is 0 Å². The van der Waals surface area contributed by atoms with E-state index in [-0.39, 0.29) is 0 Å². The fraction of sp³-hybridized carbons (Fsp3) is 0.429. The van der Waals surface area contributed by atoms with Gasteiger partial charge in [0.25, 0.3) is 0 Å². The van der Waals surface area contributed by atoms with Crippen molar-refractivity contribution in [3.05, 3.63) is 29.7 Å². The maximum absolute atomic E-state index is 6.15. The molecular formula is C14H18ClN3O. The Morgan fingerprint density at radius 3 is 2.79 bits per heavy atom. The first-order valence-corrected chi connectivity index (χ1v) is 6.71. The monoisotopic (exact) mass is 279 g/mol. The Kier molecular flexibility index (Phi) is 4.43. The molecule has 0 amide bonds. The van der Waals surface area contributed by atoms with Crippen molar-refractivity contribution in [3.8, 4) is 17.0 Å². The van der Waals surface area contributed by atoms with Crippen LogP contribution in [0.15, 0.2) is 24.5 Å². The van der Waals surface area contributed by atoms with Gasteiger partial charge in [0.2, 0.25) is 5.88 Å². The molecule has 19 heavy (non-hydrogen) atoms. The first kappa shape index (κ1) is 13.9. The standard InChI is InChI=1S/C14H18ClN3O/c1-10(2)6-7-18-9-11(8-16-18)12-4-5-13(19-3)17-14(12)15/h4-5,8-10H,6-7H2,1-3H3. The van der Waals surface area contributed by atoms with Gasteiger partial charge >= 0.3 is 0 Å². The van der Waals surface area contributed by atoms with Crippen molar-refractivity contribution in [2.24, 2.45) is 5.92 Å². The zero-order valence-corrected chi connectivity index (χ0v) is 12.2. The van der Waals surface area contributed by atoms with Crippen LogP contribution in [0, 0.1) is 5.92 Å². The van der Waals surface area contributed by atoms with E-state index in [1.54, 1.807) is 13.2 Å². The second kappa shape index (κ2) is 6.06. The average molecular weight is 280 g/mol. The van der Waals surface area contributed by atoms with Crippen LogP contribution in [0.2, 0.25) is 5.15 Å². The molecule has 0 aromatic carbocycles. The summed E-state index contributed by atoms with van der Waals surface area (Å²) in [6.45, 7) is 5.32. The molecule has 0 bridgehead atoms. The summed E-state index contributed by atoms with van der Waals surface area (Å²) in [7, 11) is 1.57. The molecular weight excluding hydrogens is 262 g/mol. The topological polar surface area (TPSA) is 39.9 Å². The largest absolute Gasteiger partial charge is 0.481 e. The van der Waals surface area contributed by atoms with Crippen LogP contribution in [-0.2, 0) is 6.54 Å². The van der Waals surface area contributed by atoms with Crippen LogP contribution in [0.5, 0.6) is 5.88 Å². The first-order valence-electron chi connectivity index (χ1n) is 6.33. The number of rotatable bonds is 5. The molecule has 2 aromatic rings. The minimum atomic E-state index is 0.433. The smallest absolute Gasteiger partial charge is 0.214 e. The summed E-state index contributed by atoms with van der Waals surface area (Å²) >= 11 is 6.15. The molecule has 0 radical (unpaired) electrons. The number of pyridine rings is 1. The highest BCUT2D eigenvalue weighted by molar-refractivity contribution is 6.32. The van der Waals surface area contributed by atoms with Crippen molar-refractivity contribution in [1.29, 1.82) is 0 Å². The molecule has 4 nitrogen and oxygen atoms in total. The van der Waals surface area contributed by atoms with Crippen LogP contribution >= 0.6 is 11.6 Å². The lowest BCUT2D eigenvalue weighted by Crippen LogP contribution is -2.01. The second-order valence-electron chi connectivity index (χ2n) is 4.87. The van der Waals surface area contributed by atoms with Crippen molar-refractivity contribution in [3.63, 3.8) is 0 Å². The van der Waals surface area contributed by atoms with Crippen LogP contribution in [0.25, 0.3) is 11.1 Å². The lowest BCUT2D eigenvalue weighted by molar-refractivity contribution is 0.398. The zero-order chi connectivity index (χ0) is 13.8. The van der Waals surface area contributed by atoms with Crippen LogP contribution < -0.4 is 4.74 Å². The van der Waals surface area contributed by atoms with Crippen LogP contribution in [0.1, 0.15) is 20.3 Å². The van der Waals surface area contributed by atoms with E-state index >= 15 is 0 Å². The van der Waals surface area contributed by atoms with E-state index in [2.05, 4.69) is 23.9 Å². The predicted octanol–water partition coefficient (Wildman–Crippen LogP) is 3.65. The SMILES string of the molecule is COc1ccc(-c2cnn(CCC(C)C)c2)c(Cl)n1. The minimum Gasteiger partial charge on any atom is -0.481 e. The number of aryl methyl sites for hydroxylation is 1. The van der Waals surface area contributed by atoms with Crippen molar-refractivity contribution < 1.29 is 4.74 Å². The molecule has 0 aliphatic rings. The molecule has 2 rings (SSSR count). The van der Waals surface area contributed by atoms with Gasteiger partial charge in [0.1, 0.15) is 5.15 Å². The van der Waals surface area contributed by atoms with Crippen LogP contribution in [0.4, 0.5) is 0 Å². The Morgan fingerprint density at radius 2 is 2.16 bits per heavy atom. The number of nitrogens with zero attached hydrogens (tertiary/aromatic N) is 3. The van der Waals surface area contributed by atoms with Gasteiger partial charge in [0.15, 0.2) is 0 Å². The maximum atomic E-state index is 6.15. The summed E-state index contributed by atoms with van der Waals surface area (Å²) in [6.07, 6.45) is 4.92. The van der Waals surface area contributed by atoms with Crippen LogP contribution in [-0.4, -0.2) is 21.9 Å². The summed E-state index contributed by atoms with van der Waals surface area (Å²) in [5, 5.41) is 4.78. The summed E-state index contributed by atoms with van der Waals surface area (Å²) in [5.74, 6) is 1.18. The summed E-state index contributed by atoms with van der Waals surface area (Å²) < 4.78 is 6.98. The molecule has 0 fully saturated rings. The molecule has 0 unspecified atom stereocenters. The van der Waals surface area contributed by atoms with Gasteiger partial charge in [-0.1, -0.05) is 25.4 Å². The van der Waals surface area contributed by atoms with Gasteiger partial charge in [-0.3, -0.25) is 4.68 Å². The van der Waals surface area contributed by atoms with E-state index in [0.717, 1.165) is 24.1 Å². The quantitative estimate of drug-likeness (QED) is 0.784. The number of halogens is 1. The molecule has 102 valence electrons. The number of hydrogen-bond acceptors (Lipinski definition) is 3. The van der Waals surface area contributed by atoms with E-state index in [9.17, 15) is 0 Å². The predicted molar refractivity (Wildman–Crippen MR) is 76.5 cm³/mol. The van der Waals surface area contributed by atoms with E-state index in [4.69, 9.17) is 16.3 Å². The highest BCUT2D eigenvalue weighted by Crippen LogP contribution is 2.27. The molecule has 0 saturated heterocycles. The molecule has 0 aliphatic heterocycles. The molecule has 5 heteroatoms. The van der Waals surface area contributed by atoms with E-state index in [0.29, 0.717) is 17.0 Å². The van der Waals surface area contributed by atoms with Crippen molar-refractivity contribution in [2.45, 2.75) is 26.8 Å². The Balaban J connectivity index is 2.18. The van der Waals surface area contributed by atoms with E-state index < -0.39 is 0 Å². The first-order chi connectivity index (χ1) is 9.10. The van der Waals surface area contributed by atoms with Gasteiger partial charge in [-0.05, 0) is 18.4 Å². The molecule has 2 aromatic heterocycles. The Bertz CT molecular complexity index is 551. The third-order valence-electron chi connectivity index (χ3n) is 2.91. The van der Waals surface area contributed by atoms with Crippen molar-refractivity contribution in [2.75, 3.05) is 7.11 Å². The van der Waals surface area contributed by atoms with Gasteiger partial charge < -0.3 is 4.74 Å². The van der Waals surface area contributed by atoms with E-state index in [1.807, 2.05) is 23.1 Å². The van der Waals surface area contributed by atoms with E-state index in [1.165, 1.54) is 0 Å². The number of hydrogen-bond donors (Lipinski definition) is 0. The van der Waals surface area contributed by atoms with Gasteiger partial charge in [-0.2, -0.15) is 5.10 Å². The lowest BCUT2D eigenvalue weighted by atomic mass is 10.1. The number of aromatic nitrogens is 3. The second-order valence-corrected chi connectivity index (χ2v) is 5.22. The number of methoxy groups -OCH3 is 1. The fourth-order valence-corrected chi connectivity index (χ4v) is 2.02. The summed E-state index contributed by atoms with van der Waals surface area (Å²) in [4.78, 5) is 4.16. The average Bonchev–Trinajstić information content (AvgIpc) is 2.84. The van der Waals surface area contributed by atoms with Gasteiger partial charge in [0, 0.05) is 29.9 Å². The van der Waals surface area contributed by atoms with Gasteiger partial charge in [0.05, 0.1) is 13.3 Å². The Hall–Kier alpha value is -1.55. The Labute approximate surface area is 118 Å². The number of ether oxygens (including phenoxy) is 1. The van der Waals surface area contributed by atoms with Crippen LogP contribution in [0.3, 0.4) is 0 Å².